The summed E-state index contributed by atoms with van der Waals surface area (Å²) in [4.78, 5) is 14.0. The molecule has 21 heavy (non-hydrogen) atoms. The Morgan fingerprint density at radius 2 is 1.95 bits per heavy atom. The number of anilines is 1. The zero-order valence-electron chi connectivity index (χ0n) is 12.9. The first-order valence-electron chi connectivity index (χ1n) is 7.30. The van der Waals surface area contributed by atoms with Gasteiger partial charge >= 0.3 is 5.97 Å². The monoisotopic (exact) mass is 286 g/mol. The Balaban J connectivity index is 3.12. The molecular weight excluding hydrogens is 264 g/mol. The average molecular weight is 286 g/mol. The maximum Gasteiger partial charge on any atom is 0.348 e. The minimum Gasteiger partial charge on any atom is -0.462 e. The van der Waals surface area contributed by atoms with Crippen molar-refractivity contribution in [3.63, 3.8) is 0 Å². The molecule has 0 aliphatic carbocycles. The highest BCUT2D eigenvalue weighted by Gasteiger charge is 2.13. The van der Waals surface area contributed by atoms with Gasteiger partial charge in [-0.25, -0.2) is 4.79 Å². The Labute approximate surface area is 126 Å². The van der Waals surface area contributed by atoms with E-state index < -0.39 is 5.97 Å². The maximum atomic E-state index is 11.8. The van der Waals surface area contributed by atoms with Crippen molar-refractivity contribution in [1.82, 2.24) is 0 Å². The molecule has 1 aromatic carbocycles. The highest BCUT2D eigenvalue weighted by molar-refractivity contribution is 5.98. The number of hydrogen-bond donors (Lipinski definition) is 0. The summed E-state index contributed by atoms with van der Waals surface area (Å²) in [5.41, 5.74) is 1.90. The average Bonchev–Trinajstić information content (AvgIpc) is 2.52. The second kappa shape index (κ2) is 8.80. The molecule has 4 heteroatoms. The van der Waals surface area contributed by atoms with E-state index in [1.54, 1.807) is 6.08 Å². The number of nitrogens with zero attached hydrogens (tertiary/aromatic N) is 2. The minimum absolute atomic E-state index is 0.0306. The summed E-state index contributed by atoms with van der Waals surface area (Å²) in [5.74, 6) is -0.561. The summed E-state index contributed by atoms with van der Waals surface area (Å²) in [6.45, 7) is 8.12. The fraction of sp³-hybridized carbons (Fsp3) is 0.412. The molecule has 0 spiro atoms. The standard InChI is InChI=1S/C17H22N2O2/c1-4-11-21-17(20)15(13-18)12-14-9-7-8-10-16(14)19(5-2)6-3/h7-10,12H,4-6,11H2,1-3H3. The summed E-state index contributed by atoms with van der Waals surface area (Å²) < 4.78 is 5.03. The predicted octanol–water partition coefficient (Wildman–Crippen LogP) is 3.39. The Kier molecular flexibility index (Phi) is 7.03. The van der Waals surface area contributed by atoms with Crippen molar-refractivity contribution >= 4 is 17.7 Å². The molecular formula is C17H22N2O2. The van der Waals surface area contributed by atoms with Crippen LogP contribution in [0, 0.1) is 11.3 Å². The quantitative estimate of drug-likeness (QED) is 0.438. The highest BCUT2D eigenvalue weighted by Crippen LogP contribution is 2.23. The van der Waals surface area contributed by atoms with Crippen molar-refractivity contribution in [2.45, 2.75) is 27.2 Å². The zero-order valence-corrected chi connectivity index (χ0v) is 12.9. The number of rotatable bonds is 7. The van der Waals surface area contributed by atoms with Crippen molar-refractivity contribution in [2.24, 2.45) is 0 Å². The third kappa shape index (κ3) is 4.64. The van der Waals surface area contributed by atoms with Gasteiger partial charge in [-0.3, -0.25) is 0 Å². The normalized spacial score (nSPS) is 10.9. The topological polar surface area (TPSA) is 53.3 Å². The number of carbonyl (C=O) groups excluding carboxylic acids is 1. The number of para-hydroxylation sites is 1. The van der Waals surface area contributed by atoms with Crippen LogP contribution in [0.4, 0.5) is 5.69 Å². The molecule has 0 aliphatic rings. The second-order valence-corrected chi connectivity index (χ2v) is 4.54. The maximum absolute atomic E-state index is 11.8. The van der Waals surface area contributed by atoms with E-state index in [1.807, 2.05) is 37.3 Å². The largest absolute Gasteiger partial charge is 0.462 e. The lowest BCUT2D eigenvalue weighted by molar-refractivity contribution is -0.138. The number of nitriles is 1. The Morgan fingerprint density at radius 1 is 1.29 bits per heavy atom. The van der Waals surface area contributed by atoms with Crippen LogP contribution in [0.2, 0.25) is 0 Å². The van der Waals surface area contributed by atoms with Crippen molar-refractivity contribution in [1.29, 1.82) is 5.26 Å². The third-order valence-corrected chi connectivity index (χ3v) is 3.12. The molecule has 1 aromatic rings. The van der Waals surface area contributed by atoms with E-state index in [9.17, 15) is 4.79 Å². The highest BCUT2D eigenvalue weighted by atomic mass is 16.5. The number of benzene rings is 1. The van der Waals surface area contributed by atoms with E-state index in [2.05, 4.69) is 18.7 Å². The van der Waals surface area contributed by atoms with Gasteiger partial charge in [0, 0.05) is 18.8 Å². The summed E-state index contributed by atoms with van der Waals surface area (Å²) in [5, 5.41) is 9.17. The molecule has 0 unspecified atom stereocenters. The molecule has 0 bridgehead atoms. The number of carbonyl (C=O) groups is 1. The molecule has 0 aliphatic heterocycles. The van der Waals surface area contributed by atoms with Gasteiger partial charge in [-0.2, -0.15) is 5.26 Å². The summed E-state index contributed by atoms with van der Waals surface area (Å²) in [6.07, 6.45) is 2.34. The van der Waals surface area contributed by atoms with Crippen molar-refractivity contribution in [3.05, 3.63) is 35.4 Å². The van der Waals surface area contributed by atoms with Crippen LogP contribution >= 0.6 is 0 Å². The van der Waals surface area contributed by atoms with Crippen LogP contribution in [0.25, 0.3) is 6.08 Å². The molecule has 0 saturated carbocycles. The van der Waals surface area contributed by atoms with E-state index >= 15 is 0 Å². The van der Waals surface area contributed by atoms with Gasteiger partial charge in [0.15, 0.2) is 0 Å². The SMILES string of the molecule is CCCOC(=O)C(C#N)=Cc1ccccc1N(CC)CC. The van der Waals surface area contributed by atoms with Gasteiger partial charge in [0.25, 0.3) is 0 Å². The molecule has 1 rings (SSSR count). The third-order valence-electron chi connectivity index (χ3n) is 3.12. The molecule has 0 atom stereocenters. The van der Waals surface area contributed by atoms with Crippen LogP contribution in [-0.4, -0.2) is 25.7 Å². The van der Waals surface area contributed by atoms with Crippen LogP contribution in [0.1, 0.15) is 32.8 Å². The van der Waals surface area contributed by atoms with Crippen molar-refractivity contribution in [3.8, 4) is 6.07 Å². The number of hydrogen-bond acceptors (Lipinski definition) is 4. The first-order chi connectivity index (χ1) is 10.2. The smallest absolute Gasteiger partial charge is 0.348 e. The predicted molar refractivity (Wildman–Crippen MR) is 84.8 cm³/mol. The zero-order chi connectivity index (χ0) is 15.7. The van der Waals surface area contributed by atoms with E-state index in [0.717, 1.165) is 30.8 Å². The fourth-order valence-corrected chi connectivity index (χ4v) is 2.03. The lowest BCUT2D eigenvalue weighted by atomic mass is 10.1. The van der Waals surface area contributed by atoms with Crippen LogP contribution in [0.15, 0.2) is 29.8 Å². The van der Waals surface area contributed by atoms with Crippen LogP contribution < -0.4 is 4.90 Å². The molecule has 0 aromatic heterocycles. The fourth-order valence-electron chi connectivity index (χ4n) is 2.03. The van der Waals surface area contributed by atoms with Crippen molar-refractivity contribution in [2.75, 3.05) is 24.6 Å². The lowest BCUT2D eigenvalue weighted by Crippen LogP contribution is -2.22. The Hall–Kier alpha value is -2.28. The first kappa shape index (κ1) is 16.8. The lowest BCUT2D eigenvalue weighted by Gasteiger charge is -2.23. The van der Waals surface area contributed by atoms with E-state index in [-0.39, 0.29) is 5.57 Å². The van der Waals surface area contributed by atoms with Gasteiger partial charge in [0.1, 0.15) is 11.6 Å². The summed E-state index contributed by atoms with van der Waals surface area (Å²) in [7, 11) is 0. The Bertz CT molecular complexity index is 540. The molecule has 0 heterocycles. The van der Waals surface area contributed by atoms with Crippen LogP contribution in [0.3, 0.4) is 0 Å². The van der Waals surface area contributed by atoms with E-state index in [0.29, 0.717) is 6.61 Å². The second-order valence-electron chi connectivity index (χ2n) is 4.54. The number of ether oxygens (including phenoxy) is 1. The van der Waals surface area contributed by atoms with Gasteiger partial charge in [-0.05, 0) is 38.0 Å². The molecule has 112 valence electrons. The van der Waals surface area contributed by atoms with Gasteiger partial charge in [-0.15, -0.1) is 0 Å². The molecule has 0 saturated heterocycles. The number of esters is 1. The van der Waals surface area contributed by atoms with Crippen LogP contribution in [0.5, 0.6) is 0 Å². The molecule has 0 radical (unpaired) electrons. The summed E-state index contributed by atoms with van der Waals surface area (Å²) in [6, 6.07) is 9.67. The molecule has 0 amide bonds. The Morgan fingerprint density at radius 3 is 2.52 bits per heavy atom. The van der Waals surface area contributed by atoms with E-state index in [1.165, 1.54) is 0 Å². The molecule has 0 fully saturated rings. The first-order valence-corrected chi connectivity index (χ1v) is 7.30. The van der Waals surface area contributed by atoms with Gasteiger partial charge in [-0.1, -0.05) is 25.1 Å². The minimum atomic E-state index is -0.561. The van der Waals surface area contributed by atoms with Gasteiger partial charge in [0.2, 0.25) is 0 Å². The molecule has 4 nitrogen and oxygen atoms in total. The van der Waals surface area contributed by atoms with E-state index in [4.69, 9.17) is 10.00 Å². The van der Waals surface area contributed by atoms with Gasteiger partial charge in [0.05, 0.1) is 6.61 Å². The van der Waals surface area contributed by atoms with Crippen LogP contribution in [-0.2, 0) is 9.53 Å². The van der Waals surface area contributed by atoms with Crippen molar-refractivity contribution < 1.29 is 9.53 Å². The summed E-state index contributed by atoms with van der Waals surface area (Å²) >= 11 is 0. The molecule has 0 N–H and O–H groups in total. The van der Waals surface area contributed by atoms with Gasteiger partial charge < -0.3 is 9.64 Å².